The summed E-state index contributed by atoms with van der Waals surface area (Å²) in [6.45, 7) is 10.0. The molecule has 1 atom stereocenters. The minimum absolute atomic E-state index is 0.167. The molecule has 1 heterocycles. The Labute approximate surface area is 129 Å². The lowest BCUT2D eigenvalue weighted by Crippen LogP contribution is -2.46. The van der Waals surface area contributed by atoms with Crippen LogP contribution in [0.3, 0.4) is 0 Å². The predicted molar refractivity (Wildman–Crippen MR) is 74.8 cm³/mol. The second kappa shape index (κ2) is 6.51. The molecule has 1 aliphatic heterocycles. The lowest BCUT2D eigenvalue weighted by atomic mass is 10.2. The van der Waals surface area contributed by atoms with Crippen LogP contribution in [-0.4, -0.2) is 47.1 Å². The lowest BCUT2D eigenvalue weighted by Gasteiger charge is -2.28. The number of esters is 1. The van der Waals surface area contributed by atoms with Gasteiger partial charge in [0, 0.05) is 6.42 Å². The first-order chi connectivity index (χ1) is 9.89. The minimum atomic E-state index is -1.05. The number of hydrogen-bond acceptors (Lipinski definition) is 7. The first kappa shape index (κ1) is 18.2. The molecular formula is C14H23NO7. The number of nitrogens with zero attached hydrogens (tertiary/aromatic N) is 1. The molecule has 0 N–H and O–H groups in total. The molecule has 8 nitrogen and oxygen atoms in total. The summed E-state index contributed by atoms with van der Waals surface area (Å²) in [5.41, 5.74) is -1.67. The van der Waals surface area contributed by atoms with Crippen molar-refractivity contribution in [1.29, 1.82) is 0 Å². The Morgan fingerprint density at radius 3 is 1.82 bits per heavy atom. The van der Waals surface area contributed by atoms with Crippen molar-refractivity contribution in [2.24, 2.45) is 0 Å². The first-order valence-corrected chi connectivity index (χ1v) is 6.98. The van der Waals surface area contributed by atoms with E-state index in [-0.39, 0.29) is 13.0 Å². The summed E-state index contributed by atoms with van der Waals surface area (Å²) in [6, 6.07) is 0. The van der Waals surface area contributed by atoms with Crippen LogP contribution in [0.25, 0.3) is 0 Å². The molecule has 0 spiro atoms. The van der Waals surface area contributed by atoms with Gasteiger partial charge in [0.1, 0.15) is 11.2 Å². The van der Waals surface area contributed by atoms with Gasteiger partial charge in [-0.25, -0.2) is 19.2 Å². The zero-order chi connectivity index (χ0) is 17.1. The predicted octanol–water partition coefficient (Wildman–Crippen LogP) is 2.41. The third kappa shape index (κ3) is 5.88. The van der Waals surface area contributed by atoms with Gasteiger partial charge in [0.15, 0.2) is 6.10 Å². The summed E-state index contributed by atoms with van der Waals surface area (Å²) < 4.78 is 14.9. The van der Waals surface area contributed by atoms with Crippen LogP contribution >= 0.6 is 0 Å². The van der Waals surface area contributed by atoms with Crippen LogP contribution in [-0.2, 0) is 23.8 Å². The molecule has 0 aromatic carbocycles. The van der Waals surface area contributed by atoms with Gasteiger partial charge in [-0.2, -0.15) is 0 Å². The average molecular weight is 317 g/mol. The molecule has 2 amide bonds. The Kier molecular flexibility index (Phi) is 5.39. The number of amides is 2. The summed E-state index contributed by atoms with van der Waals surface area (Å²) in [4.78, 5) is 40.8. The molecule has 0 saturated carbocycles. The van der Waals surface area contributed by atoms with E-state index >= 15 is 0 Å². The molecule has 1 saturated heterocycles. The van der Waals surface area contributed by atoms with Gasteiger partial charge in [-0.05, 0) is 41.5 Å². The van der Waals surface area contributed by atoms with Gasteiger partial charge < -0.3 is 14.2 Å². The van der Waals surface area contributed by atoms with E-state index in [0.29, 0.717) is 5.06 Å². The number of hydroxylamine groups is 2. The summed E-state index contributed by atoms with van der Waals surface area (Å²) >= 11 is 0. The monoisotopic (exact) mass is 317 g/mol. The summed E-state index contributed by atoms with van der Waals surface area (Å²) in [5, 5.41) is 0.327. The van der Waals surface area contributed by atoms with Gasteiger partial charge in [-0.1, -0.05) is 5.06 Å². The Hall–Kier alpha value is -1.83. The number of ether oxygens (including phenoxy) is 3. The highest BCUT2D eigenvalue weighted by atomic mass is 16.8. The molecule has 1 fully saturated rings. The molecule has 0 unspecified atom stereocenters. The van der Waals surface area contributed by atoms with Gasteiger partial charge in [0.25, 0.3) is 0 Å². The number of imide groups is 1. The molecule has 126 valence electrons. The number of rotatable bonds is 2. The number of carbonyl (C=O) groups is 3. The van der Waals surface area contributed by atoms with E-state index in [0.717, 1.165) is 0 Å². The fraction of sp³-hybridized carbons (Fsp3) is 0.786. The van der Waals surface area contributed by atoms with Crippen LogP contribution in [0, 0.1) is 0 Å². The molecule has 0 aromatic heterocycles. The van der Waals surface area contributed by atoms with Gasteiger partial charge in [0.05, 0.1) is 6.61 Å². The second-order valence-electron chi connectivity index (χ2n) is 6.81. The number of cyclic esters (lactones) is 1. The van der Waals surface area contributed by atoms with E-state index in [4.69, 9.17) is 19.0 Å². The second-order valence-corrected chi connectivity index (χ2v) is 6.81. The molecule has 0 aliphatic carbocycles. The lowest BCUT2D eigenvalue weighted by molar-refractivity contribution is -0.181. The average Bonchev–Trinajstić information content (AvgIpc) is 2.66. The zero-order valence-corrected chi connectivity index (χ0v) is 13.8. The van der Waals surface area contributed by atoms with Crippen LogP contribution in [0.1, 0.15) is 48.0 Å². The van der Waals surface area contributed by atoms with Crippen molar-refractivity contribution in [2.75, 3.05) is 6.61 Å². The van der Waals surface area contributed by atoms with Crippen molar-refractivity contribution in [3.8, 4) is 0 Å². The van der Waals surface area contributed by atoms with Gasteiger partial charge in [-0.3, -0.25) is 0 Å². The quantitative estimate of drug-likeness (QED) is 0.438. The Morgan fingerprint density at radius 1 is 1.05 bits per heavy atom. The van der Waals surface area contributed by atoms with Crippen molar-refractivity contribution < 1.29 is 33.4 Å². The van der Waals surface area contributed by atoms with E-state index in [1.54, 1.807) is 41.5 Å². The maximum atomic E-state index is 12.1. The fourth-order valence-corrected chi connectivity index (χ4v) is 1.47. The minimum Gasteiger partial charge on any atom is -0.464 e. The molecule has 1 aliphatic rings. The van der Waals surface area contributed by atoms with Crippen molar-refractivity contribution in [3.63, 3.8) is 0 Å². The number of carbonyl (C=O) groups excluding carboxylic acids is 3. The number of hydrogen-bond donors (Lipinski definition) is 0. The van der Waals surface area contributed by atoms with Crippen LogP contribution in [0.15, 0.2) is 0 Å². The van der Waals surface area contributed by atoms with Gasteiger partial charge >= 0.3 is 18.2 Å². The molecule has 0 aromatic rings. The van der Waals surface area contributed by atoms with Crippen LogP contribution in [0.2, 0.25) is 0 Å². The first-order valence-electron chi connectivity index (χ1n) is 6.98. The third-order valence-electron chi connectivity index (χ3n) is 2.24. The molecule has 8 heteroatoms. The van der Waals surface area contributed by atoms with Crippen LogP contribution < -0.4 is 0 Å². The van der Waals surface area contributed by atoms with Crippen LogP contribution in [0.4, 0.5) is 9.59 Å². The standard InChI is InChI=1S/C14H23NO7/c1-13(2,3)20-11(17)15(12(18)21-14(4,5)6)22-9-7-8-19-10(9)16/h9H,7-8H2,1-6H3/t9-/m1/s1. The van der Waals surface area contributed by atoms with E-state index in [2.05, 4.69) is 0 Å². The molecule has 1 rings (SSSR count). The van der Waals surface area contributed by atoms with Gasteiger partial charge in [-0.15, -0.1) is 0 Å². The molecule has 0 bridgehead atoms. The van der Waals surface area contributed by atoms with Crippen LogP contribution in [0.5, 0.6) is 0 Å². The van der Waals surface area contributed by atoms with E-state index in [9.17, 15) is 14.4 Å². The molecule has 22 heavy (non-hydrogen) atoms. The SMILES string of the molecule is CC(C)(C)OC(=O)N(O[C@@H]1CCOC1=O)C(=O)OC(C)(C)C. The van der Waals surface area contributed by atoms with E-state index in [1.807, 2.05) is 0 Å². The highest BCUT2D eigenvalue weighted by molar-refractivity contribution is 5.87. The van der Waals surface area contributed by atoms with Crippen molar-refractivity contribution in [3.05, 3.63) is 0 Å². The maximum absolute atomic E-state index is 12.1. The molecular weight excluding hydrogens is 294 g/mol. The fourth-order valence-electron chi connectivity index (χ4n) is 1.47. The highest BCUT2D eigenvalue weighted by Gasteiger charge is 2.38. The van der Waals surface area contributed by atoms with Crippen molar-refractivity contribution >= 4 is 18.2 Å². The maximum Gasteiger partial charge on any atom is 0.444 e. The topological polar surface area (TPSA) is 91.4 Å². The van der Waals surface area contributed by atoms with E-state index < -0.39 is 35.5 Å². The smallest absolute Gasteiger partial charge is 0.444 e. The van der Waals surface area contributed by atoms with Crippen molar-refractivity contribution in [2.45, 2.75) is 65.3 Å². The van der Waals surface area contributed by atoms with Gasteiger partial charge in [0.2, 0.25) is 0 Å². The summed E-state index contributed by atoms with van der Waals surface area (Å²) in [7, 11) is 0. The zero-order valence-electron chi connectivity index (χ0n) is 13.8. The molecule has 0 radical (unpaired) electrons. The summed E-state index contributed by atoms with van der Waals surface area (Å²) in [6.07, 6.45) is -2.91. The van der Waals surface area contributed by atoms with Crippen molar-refractivity contribution in [1.82, 2.24) is 5.06 Å². The third-order valence-corrected chi connectivity index (χ3v) is 2.24. The normalized spacial score (nSPS) is 18.6. The largest absolute Gasteiger partial charge is 0.464 e. The Morgan fingerprint density at radius 2 is 1.50 bits per heavy atom. The Bertz CT molecular complexity index is 419. The Balaban J connectivity index is 2.86. The van der Waals surface area contributed by atoms with E-state index in [1.165, 1.54) is 0 Å². The summed E-state index contributed by atoms with van der Waals surface area (Å²) in [5.74, 6) is -0.642. The highest BCUT2D eigenvalue weighted by Crippen LogP contribution is 2.18.